The fourth-order valence-electron chi connectivity index (χ4n) is 1.47. The molecule has 2 aromatic rings. The Bertz CT molecular complexity index is 751. The molecule has 0 aliphatic carbocycles. The second-order valence-electron chi connectivity index (χ2n) is 3.75. The van der Waals surface area contributed by atoms with Gasteiger partial charge in [-0.25, -0.2) is 8.42 Å². The van der Waals surface area contributed by atoms with E-state index in [4.69, 9.17) is 10.7 Å². The molecule has 0 aliphatic rings. The number of rotatable bonds is 3. The molecule has 0 unspecified atom stereocenters. The molecule has 2 rings (SSSR count). The van der Waals surface area contributed by atoms with Crippen molar-refractivity contribution >= 4 is 47.3 Å². The number of halogens is 2. The maximum Gasteiger partial charge on any atom is 0.274 e. The number of nitrogens with zero attached hydrogens (tertiary/aromatic N) is 1. The highest BCUT2D eigenvalue weighted by Gasteiger charge is 2.15. The van der Waals surface area contributed by atoms with Crippen LogP contribution in [0.2, 0.25) is 0 Å². The van der Waals surface area contributed by atoms with Crippen molar-refractivity contribution in [2.24, 2.45) is 0 Å². The topological polar surface area (TPSA) is 76.1 Å². The summed E-state index contributed by atoms with van der Waals surface area (Å²) < 4.78 is 22.8. The SMILES string of the molecule is O=C(Nc1ccc(S(=O)(=O)Cl)c(Br)c1)c1ccccn1. The molecule has 0 saturated carbocycles. The van der Waals surface area contributed by atoms with Gasteiger partial charge in [0.1, 0.15) is 5.69 Å². The summed E-state index contributed by atoms with van der Waals surface area (Å²) in [6.45, 7) is 0. The summed E-state index contributed by atoms with van der Waals surface area (Å²) in [6.07, 6.45) is 1.51. The minimum absolute atomic E-state index is 0.0602. The van der Waals surface area contributed by atoms with E-state index in [2.05, 4.69) is 26.2 Å². The monoisotopic (exact) mass is 374 g/mol. The molecular formula is C12H8BrClN2O3S. The van der Waals surface area contributed by atoms with E-state index in [-0.39, 0.29) is 21.0 Å². The second kappa shape index (κ2) is 5.90. The number of benzene rings is 1. The van der Waals surface area contributed by atoms with E-state index in [0.29, 0.717) is 5.69 Å². The van der Waals surface area contributed by atoms with E-state index in [9.17, 15) is 13.2 Å². The molecule has 0 spiro atoms. The van der Waals surface area contributed by atoms with Gasteiger partial charge in [0, 0.05) is 27.0 Å². The van der Waals surface area contributed by atoms with Crippen LogP contribution in [0, 0.1) is 0 Å². The molecule has 104 valence electrons. The second-order valence-corrected chi connectivity index (χ2v) is 7.14. The maximum atomic E-state index is 11.9. The third-order valence-electron chi connectivity index (χ3n) is 2.35. The lowest BCUT2D eigenvalue weighted by Crippen LogP contribution is -2.13. The van der Waals surface area contributed by atoms with Crippen molar-refractivity contribution in [2.45, 2.75) is 4.90 Å². The van der Waals surface area contributed by atoms with Gasteiger partial charge in [0.2, 0.25) is 0 Å². The summed E-state index contributed by atoms with van der Waals surface area (Å²) in [7, 11) is 1.43. The van der Waals surface area contributed by atoms with Crippen molar-refractivity contribution in [2.75, 3.05) is 5.32 Å². The van der Waals surface area contributed by atoms with Crippen molar-refractivity contribution in [1.82, 2.24) is 4.98 Å². The Kier molecular flexibility index (Phi) is 4.42. The van der Waals surface area contributed by atoms with Crippen LogP contribution < -0.4 is 5.32 Å². The predicted octanol–water partition coefficient (Wildman–Crippen LogP) is 3.02. The van der Waals surface area contributed by atoms with E-state index in [1.54, 1.807) is 18.2 Å². The molecule has 5 nitrogen and oxygen atoms in total. The van der Waals surface area contributed by atoms with Crippen molar-refractivity contribution in [1.29, 1.82) is 0 Å². The number of pyridine rings is 1. The summed E-state index contributed by atoms with van der Waals surface area (Å²) in [5, 5.41) is 2.61. The maximum absolute atomic E-state index is 11.9. The predicted molar refractivity (Wildman–Crippen MR) is 79.4 cm³/mol. The minimum atomic E-state index is -3.83. The Hall–Kier alpha value is -1.44. The van der Waals surface area contributed by atoms with E-state index < -0.39 is 9.05 Å². The van der Waals surface area contributed by atoms with Gasteiger partial charge in [0.15, 0.2) is 0 Å². The molecule has 8 heteroatoms. The van der Waals surface area contributed by atoms with Crippen LogP contribution in [0.3, 0.4) is 0 Å². The highest BCUT2D eigenvalue weighted by molar-refractivity contribution is 9.10. The molecular weight excluding hydrogens is 368 g/mol. The number of nitrogens with one attached hydrogen (secondary N) is 1. The smallest absolute Gasteiger partial charge is 0.274 e. The average Bonchev–Trinajstić information content (AvgIpc) is 2.38. The lowest BCUT2D eigenvalue weighted by Gasteiger charge is -2.07. The summed E-state index contributed by atoms with van der Waals surface area (Å²) in [6, 6.07) is 9.17. The highest BCUT2D eigenvalue weighted by Crippen LogP contribution is 2.28. The molecule has 0 bridgehead atoms. The molecule has 0 saturated heterocycles. The van der Waals surface area contributed by atoms with Gasteiger partial charge in [-0.1, -0.05) is 6.07 Å². The van der Waals surface area contributed by atoms with Gasteiger partial charge in [0.25, 0.3) is 15.0 Å². The number of carbonyl (C=O) groups is 1. The molecule has 20 heavy (non-hydrogen) atoms. The first-order valence-corrected chi connectivity index (χ1v) is 8.45. The van der Waals surface area contributed by atoms with Crippen molar-refractivity contribution < 1.29 is 13.2 Å². The quantitative estimate of drug-likeness (QED) is 0.837. The third-order valence-corrected chi connectivity index (χ3v) is 4.65. The van der Waals surface area contributed by atoms with Gasteiger partial charge in [-0.2, -0.15) is 0 Å². The van der Waals surface area contributed by atoms with Crippen molar-refractivity contribution in [3.8, 4) is 0 Å². The largest absolute Gasteiger partial charge is 0.321 e. The van der Waals surface area contributed by atoms with Crippen LogP contribution in [0.5, 0.6) is 0 Å². The Morgan fingerprint density at radius 1 is 1.25 bits per heavy atom. The third kappa shape index (κ3) is 3.56. The van der Waals surface area contributed by atoms with Gasteiger partial charge >= 0.3 is 0 Å². The summed E-state index contributed by atoms with van der Waals surface area (Å²) in [5.41, 5.74) is 0.689. The van der Waals surface area contributed by atoms with Gasteiger partial charge in [0.05, 0.1) is 4.90 Å². The number of amides is 1. The fraction of sp³-hybridized carbons (Fsp3) is 0. The van der Waals surface area contributed by atoms with Gasteiger partial charge in [-0.05, 0) is 46.3 Å². The lowest BCUT2D eigenvalue weighted by molar-refractivity contribution is 0.102. The summed E-state index contributed by atoms with van der Waals surface area (Å²) >= 11 is 3.10. The fourth-order valence-corrected chi connectivity index (χ4v) is 3.69. The number of hydrogen-bond donors (Lipinski definition) is 1. The zero-order valence-electron chi connectivity index (χ0n) is 9.88. The molecule has 0 aliphatic heterocycles. The highest BCUT2D eigenvalue weighted by atomic mass is 79.9. The zero-order valence-corrected chi connectivity index (χ0v) is 13.0. The van der Waals surface area contributed by atoms with E-state index in [1.165, 1.54) is 24.4 Å². The Balaban J connectivity index is 2.24. The van der Waals surface area contributed by atoms with Crippen LogP contribution in [0.15, 0.2) is 52.0 Å². The summed E-state index contributed by atoms with van der Waals surface area (Å²) in [4.78, 5) is 15.7. The number of carbonyl (C=O) groups excluding carboxylic acids is 1. The average molecular weight is 376 g/mol. The van der Waals surface area contributed by atoms with Gasteiger partial charge in [-0.3, -0.25) is 9.78 Å². The first kappa shape index (κ1) is 15.0. The molecule has 1 aromatic heterocycles. The van der Waals surface area contributed by atoms with E-state index in [1.807, 2.05) is 0 Å². The van der Waals surface area contributed by atoms with E-state index >= 15 is 0 Å². The number of aromatic nitrogens is 1. The standard InChI is InChI=1S/C12H8BrClN2O3S/c13-9-7-8(4-5-11(9)20(14,18)19)16-12(17)10-3-1-2-6-15-10/h1-7H,(H,16,17). The number of anilines is 1. The lowest BCUT2D eigenvalue weighted by atomic mass is 10.3. The minimum Gasteiger partial charge on any atom is -0.321 e. The number of hydrogen-bond acceptors (Lipinski definition) is 4. The molecule has 0 atom stereocenters. The Morgan fingerprint density at radius 2 is 2.00 bits per heavy atom. The molecule has 1 amide bonds. The van der Waals surface area contributed by atoms with Crippen LogP contribution in [-0.2, 0) is 9.05 Å². The van der Waals surface area contributed by atoms with Crippen LogP contribution >= 0.6 is 26.6 Å². The van der Waals surface area contributed by atoms with E-state index in [0.717, 1.165) is 0 Å². The summed E-state index contributed by atoms with van der Waals surface area (Å²) in [5.74, 6) is -0.390. The first-order valence-electron chi connectivity index (χ1n) is 5.34. The first-order chi connectivity index (χ1) is 9.38. The van der Waals surface area contributed by atoms with Gasteiger partial charge < -0.3 is 5.32 Å². The van der Waals surface area contributed by atoms with Crippen LogP contribution in [-0.4, -0.2) is 19.3 Å². The molecule has 0 radical (unpaired) electrons. The van der Waals surface area contributed by atoms with Crippen molar-refractivity contribution in [3.63, 3.8) is 0 Å². The normalized spacial score (nSPS) is 11.1. The van der Waals surface area contributed by atoms with Gasteiger partial charge in [-0.15, -0.1) is 0 Å². The molecule has 1 N–H and O–H groups in total. The van der Waals surface area contributed by atoms with Crippen LogP contribution in [0.25, 0.3) is 0 Å². The Labute approximate surface area is 128 Å². The van der Waals surface area contributed by atoms with Crippen LogP contribution in [0.1, 0.15) is 10.5 Å². The van der Waals surface area contributed by atoms with Crippen molar-refractivity contribution in [3.05, 3.63) is 52.8 Å². The Morgan fingerprint density at radius 3 is 2.55 bits per heavy atom. The molecule has 0 fully saturated rings. The zero-order chi connectivity index (χ0) is 14.8. The molecule has 1 aromatic carbocycles. The van der Waals surface area contributed by atoms with Crippen LogP contribution in [0.4, 0.5) is 5.69 Å². The molecule has 1 heterocycles.